The first-order valence-corrected chi connectivity index (χ1v) is 9.81. The molecule has 0 aliphatic rings. The van der Waals surface area contributed by atoms with E-state index in [1.807, 2.05) is 0 Å². The van der Waals surface area contributed by atoms with Crippen LogP contribution in [0.4, 0.5) is 11.5 Å². The molecule has 1 atom stereocenters. The number of nitrogen functional groups attached to an aromatic ring is 1. The van der Waals surface area contributed by atoms with Crippen molar-refractivity contribution in [3.63, 3.8) is 0 Å². The fourth-order valence-corrected chi connectivity index (χ4v) is 3.39. The summed E-state index contributed by atoms with van der Waals surface area (Å²) in [6, 6.07) is 7.09. The highest BCUT2D eigenvalue weighted by molar-refractivity contribution is 9.10. The van der Waals surface area contributed by atoms with Crippen molar-refractivity contribution < 1.29 is 4.21 Å². The minimum Gasteiger partial charge on any atom is -0.399 e. The van der Waals surface area contributed by atoms with Crippen LogP contribution in [-0.4, -0.2) is 27.3 Å². The molecule has 0 saturated heterocycles. The van der Waals surface area contributed by atoms with Gasteiger partial charge in [-0.2, -0.15) is 4.98 Å². The number of nitrogens with zero attached hydrogens (tertiary/aromatic N) is 2. The second kappa shape index (κ2) is 9.93. The lowest BCUT2D eigenvalue weighted by atomic mass is 10.2. The van der Waals surface area contributed by atoms with E-state index in [0.29, 0.717) is 22.9 Å². The van der Waals surface area contributed by atoms with Crippen LogP contribution in [0.2, 0.25) is 5.28 Å². The normalized spacial score (nSPS) is 12.1. The Morgan fingerprint density at radius 2 is 2.04 bits per heavy atom. The van der Waals surface area contributed by atoms with Crippen molar-refractivity contribution in [2.24, 2.45) is 0 Å². The smallest absolute Gasteiger partial charge is 0.224 e. The summed E-state index contributed by atoms with van der Waals surface area (Å²) in [5.41, 5.74) is 6.30. The number of nitrogens with one attached hydrogen (secondary N) is 2. The van der Waals surface area contributed by atoms with E-state index in [4.69, 9.17) is 17.3 Å². The van der Waals surface area contributed by atoms with Gasteiger partial charge in [-0.1, -0.05) is 12.5 Å². The predicted octanol–water partition coefficient (Wildman–Crippen LogP) is 3.37. The summed E-state index contributed by atoms with van der Waals surface area (Å²) in [7, 11) is -1.22. The van der Waals surface area contributed by atoms with Crippen molar-refractivity contribution in [1.82, 2.24) is 14.7 Å². The highest BCUT2D eigenvalue weighted by Gasteiger charge is 2.04. The van der Waals surface area contributed by atoms with Gasteiger partial charge in [-0.25, -0.2) is 13.9 Å². The third-order valence-electron chi connectivity index (χ3n) is 3.17. The van der Waals surface area contributed by atoms with Gasteiger partial charge in [0.15, 0.2) is 0 Å². The van der Waals surface area contributed by atoms with Gasteiger partial charge in [-0.15, -0.1) is 0 Å². The molecule has 0 radical (unpaired) electrons. The van der Waals surface area contributed by atoms with Crippen LogP contribution in [0, 0.1) is 0 Å². The molecule has 24 heavy (non-hydrogen) atoms. The number of rotatable bonds is 9. The average molecular weight is 433 g/mol. The fraction of sp³-hybridized carbons (Fsp3) is 0.333. The van der Waals surface area contributed by atoms with E-state index in [0.717, 1.165) is 30.3 Å². The van der Waals surface area contributed by atoms with E-state index >= 15 is 0 Å². The number of nitrogens with two attached hydrogens (primary N) is 1. The lowest BCUT2D eigenvalue weighted by molar-refractivity contribution is 0.653. The zero-order chi connectivity index (χ0) is 17.4. The molecule has 9 heteroatoms. The number of benzene rings is 1. The summed E-state index contributed by atoms with van der Waals surface area (Å²) >= 11 is 9.13. The summed E-state index contributed by atoms with van der Waals surface area (Å²) < 4.78 is 15.8. The summed E-state index contributed by atoms with van der Waals surface area (Å²) in [5.74, 6) is 0.691. The molecule has 2 aromatic rings. The molecule has 1 aromatic carbocycles. The third kappa shape index (κ3) is 6.35. The van der Waals surface area contributed by atoms with Crippen molar-refractivity contribution in [3.05, 3.63) is 40.2 Å². The summed E-state index contributed by atoms with van der Waals surface area (Å²) in [4.78, 5) is 8.68. The Kier molecular flexibility index (Phi) is 7.90. The quantitative estimate of drug-likeness (QED) is 0.321. The molecule has 1 unspecified atom stereocenters. The number of aromatic nitrogens is 2. The van der Waals surface area contributed by atoms with Crippen LogP contribution in [0.5, 0.6) is 0 Å². The highest BCUT2D eigenvalue weighted by Crippen LogP contribution is 2.20. The fourth-order valence-electron chi connectivity index (χ4n) is 1.98. The average Bonchev–Trinajstić information content (AvgIpc) is 2.56. The predicted molar refractivity (Wildman–Crippen MR) is 102 cm³/mol. The van der Waals surface area contributed by atoms with E-state index in [2.05, 4.69) is 35.9 Å². The topological polar surface area (TPSA) is 92.9 Å². The summed E-state index contributed by atoms with van der Waals surface area (Å²) in [6.07, 6.45) is 4.53. The number of anilines is 2. The SMILES string of the molecule is Nc1cccc(S(=O)NCCCCCNc2nc(Cl)ncc2Br)c1. The lowest BCUT2D eigenvalue weighted by Gasteiger charge is -2.08. The van der Waals surface area contributed by atoms with Gasteiger partial charge in [0.25, 0.3) is 0 Å². The first-order valence-electron chi connectivity index (χ1n) is 7.49. The van der Waals surface area contributed by atoms with Crippen molar-refractivity contribution in [3.8, 4) is 0 Å². The number of halogens is 2. The van der Waals surface area contributed by atoms with Gasteiger partial charge in [-0.05, 0) is 58.6 Å². The van der Waals surface area contributed by atoms with Gasteiger partial charge < -0.3 is 11.1 Å². The minimum atomic E-state index is -1.22. The van der Waals surface area contributed by atoms with E-state index < -0.39 is 11.0 Å². The Bertz CT molecular complexity index is 703. The molecule has 0 aliphatic heterocycles. The molecular formula is C15H19BrClN5OS. The van der Waals surface area contributed by atoms with Crippen LogP contribution in [0.3, 0.4) is 0 Å². The Labute approximate surface area is 157 Å². The van der Waals surface area contributed by atoms with Crippen LogP contribution in [0.25, 0.3) is 0 Å². The van der Waals surface area contributed by atoms with Gasteiger partial charge in [0, 0.05) is 25.0 Å². The first-order chi connectivity index (χ1) is 11.6. The van der Waals surface area contributed by atoms with Crippen LogP contribution in [-0.2, 0) is 11.0 Å². The van der Waals surface area contributed by atoms with Gasteiger partial charge in [0.2, 0.25) is 5.28 Å². The maximum Gasteiger partial charge on any atom is 0.224 e. The molecule has 0 fully saturated rings. The van der Waals surface area contributed by atoms with Crippen LogP contribution >= 0.6 is 27.5 Å². The Morgan fingerprint density at radius 3 is 2.83 bits per heavy atom. The molecule has 2 rings (SSSR count). The largest absolute Gasteiger partial charge is 0.399 e. The monoisotopic (exact) mass is 431 g/mol. The van der Waals surface area contributed by atoms with Crippen LogP contribution in [0.1, 0.15) is 19.3 Å². The molecule has 0 amide bonds. The van der Waals surface area contributed by atoms with Crippen molar-refractivity contribution in [2.75, 3.05) is 24.1 Å². The Morgan fingerprint density at radius 1 is 1.25 bits per heavy atom. The molecule has 0 bridgehead atoms. The van der Waals surface area contributed by atoms with Crippen molar-refractivity contribution in [1.29, 1.82) is 0 Å². The molecule has 130 valence electrons. The minimum absolute atomic E-state index is 0.217. The number of hydrogen-bond donors (Lipinski definition) is 3. The van der Waals surface area contributed by atoms with E-state index in [1.165, 1.54) is 0 Å². The molecule has 0 saturated carbocycles. The standard InChI is InChI=1S/C15H19BrClN5OS/c16-13-10-20-15(17)22-14(13)19-7-2-1-3-8-21-24(23)12-6-4-5-11(18)9-12/h4-6,9-10,21H,1-3,7-8,18H2,(H,19,20,22). The van der Waals surface area contributed by atoms with Gasteiger partial charge in [-0.3, -0.25) is 0 Å². The number of unbranched alkanes of at least 4 members (excludes halogenated alkanes) is 2. The zero-order valence-electron chi connectivity index (χ0n) is 13.0. The Balaban J connectivity index is 1.60. The maximum absolute atomic E-state index is 12.0. The summed E-state index contributed by atoms with van der Waals surface area (Å²) in [6.45, 7) is 1.47. The van der Waals surface area contributed by atoms with E-state index in [9.17, 15) is 4.21 Å². The van der Waals surface area contributed by atoms with Crippen molar-refractivity contribution >= 4 is 50.0 Å². The van der Waals surface area contributed by atoms with Crippen LogP contribution in [0.15, 0.2) is 39.8 Å². The number of hydrogen-bond acceptors (Lipinski definition) is 5. The van der Waals surface area contributed by atoms with Gasteiger partial charge >= 0.3 is 0 Å². The van der Waals surface area contributed by atoms with Gasteiger partial charge in [0.05, 0.1) is 9.37 Å². The van der Waals surface area contributed by atoms with E-state index in [-0.39, 0.29) is 5.28 Å². The molecule has 1 aromatic heterocycles. The van der Waals surface area contributed by atoms with Crippen molar-refractivity contribution in [2.45, 2.75) is 24.2 Å². The molecule has 6 nitrogen and oxygen atoms in total. The summed E-state index contributed by atoms with van der Waals surface area (Å²) in [5, 5.41) is 3.43. The third-order valence-corrected chi connectivity index (χ3v) is 5.08. The molecule has 4 N–H and O–H groups in total. The molecule has 1 heterocycles. The maximum atomic E-state index is 12.0. The van der Waals surface area contributed by atoms with Crippen LogP contribution < -0.4 is 15.8 Å². The van der Waals surface area contributed by atoms with Gasteiger partial charge in [0.1, 0.15) is 16.8 Å². The Hall–Kier alpha value is -1.22. The second-order valence-electron chi connectivity index (χ2n) is 5.06. The highest BCUT2D eigenvalue weighted by atomic mass is 79.9. The van der Waals surface area contributed by atoms with E-state index in [1.54, 1.807) is 30.5 Å². The second-order valence-corrected chi connectivity index (χ2v) is 7.55. The molecule has 0 spiro atoms. The zero-order valence-corrected chi connectivity index (χ0v) is 16.1. The molecule has 0 aliphatic carbocycles. The molecular weight excluding hydrogens is 414 g/mol. The lowest BCUT2D eigenvalue weighted by Crippen LogP contribution is -2.18. The first kappa shape index (κ1) is 19.1.